The number of rotatable bonds is 25. The van der Waals surface area contributed by atoms with Crippen LogP contribution in [0.2, 0.25) is 13.3 Å². The molecule has 0 bridgehead atoms. The molecular weight excluding hydrogens is 795 g/mol. The summed E-state index contributed by atoms with van der Waals surface area (Å²) < 4.78 is 40.3. The molecule has 7 heteroatoms. The SMILES string of the molecule is CCC[CH2][Sn]([CH2]CCC)([CH2]CCC)[CH2]S[C@@H]1O[C@H](COCc2ccccc2)[C@@H](OCc2ccccc2)[C@H](OCc2ccccc2)[C@H]1OCc1ccccc1. The fourth-order valence-electron chi connectivity index (χ4n) is 7.39. The molecule has 5 rings (SSSR count). The van der Waals surface area contributed by atoms with Gasteiger partial charge in [0.1, 0.15) is 0 Å². The van der Waals surface area contributed by atoms with E-state index in [-0.39, 0.29) is 23.7 Å². The van der Waals surface area contributed by atoms with Crippen LogP contribution < -0.4 is 0 Å². The Hall–Kier alpha value is -2.17. The molecule has 54 heavy (non-hydrogen) atoms. The zero-order chi connectivity index (χ0) is 37.7. The average molecular weight is 860 g/mol. The number of hydrogen-bond acceptors (Lipinski definition) is 6. The summed E-state index contributed by atoms with van der Waals surface area (Å²) in [6.07, 6.45) is 6.38. The summed E-state index contributed by atoms with van der Waals surface area (Å²) in [7, 11) is 0. The molecular formula is C47H64O5SSn. The molecule has 1 saturated heterocycles. The molecule has 1 fully saturated rings. The van der Waals surface area contributed by atoms with Gasteiger partial charge >= 0.3 is 337 Å². The van der Waals surface area contributed by atoms with Crippen LogP contribution in [0.4, 0.5) is 0 Å². The van der Waals surface area contributed by atoms with Crippen LogP contribution in [-0.4, -0.2) is 58.6 Å². The van der Waals surface area contributed by atoms with Crippen molar-refractivity contribution in [3.63, 3.8) is 0 Å². The van der Waals surface area contributed by atoms with Crippen LogP contribution in [0.25, 0.3) is 0 Å². The van der Waals surface area contributed by atoms with E-state index in [9.17, 15) is 0 Å². The van der Waals surface area contributed by atoms with Crippen molar-refractivity contribution in [2.45, 2.75) is 129 Å². The molecule has 0 aromatic heterocycles. The minimum absolute atomic E-state index is 0.211. The van der Waals surface area contributed by atoms with Crippen LogP contribution in [0, 0.1) is 0 Å². The molecule has 0 radical (unpaired) electrons. The van der Waals surface area contributed by atoms with E-state index in [1.165, 1.54) is 55.6 Å². The van der Waals surface area contributed by atoms with Crippen LogP contribution in [0.1, 0.15) is 81.5 Å². The van der Waals surface area contributed by atoms with Crippen molar-refractivity contribution in [1.29, 1.82) is 0 Å². The van der Waals surface area contributed by atoms with Crippen molar-refractivity contribution in [1.82, 2.24) is 0 Å². The van der Waals surface area contributed by atoms with Crippen LogP contribution in [0.3, 0.4) is 0 Å². The second kappa shape index (κ2) is 24.5. The van der Waals surface area contributed by atoms with Gasteiger partial charge in [-0.3, -0.25) is 0 Å². The Morgan fingerprint density at radius 2 is 0.889 bits per heavy atom. The number of benzene rings is 4. The molecule has 0 unspecified atom stereocenters. The van der Waals surface area contributed by atoms with Crippen molar-refractivity contribution in [3.8, 4) is 0 Å². The normalized spacial score (nSPS) is 20.2. The monoisotopic (exact) mass is 860 g/mol. The maximum absolute atomic E-state index is 7.26. The Morgan fingerprint density at radius 3 is 1.31 bits per heavy atom. The topological polar surface area (TPSA) is 46.2 Å². The van der Waals surface area contributed by atoms with Gasteiger partial charge in [0.15, 0.2) is 0 Å². The quantitative estimate of drug-likeness (QED) is 0.0619. The number of hydrogen-bond donors (Lipinski definition) is 0. The molecule has 4 aromatic rings. The molecule has 0 N–H and O–H groups in total. The van der Waals surface area contributed by atoms with Crippen LogP contribution >= 0.6 is 11.8 Å². The van der Waals surface area contributed by atoms with Crippen LogP contribution in [0.5, 0.6) is 0 Å². The molecule has 292 valence electrons. The predicted octanol–water partition coefficient (Wildman–Crippen LogP) is 11.8. The van der Waals surface area contributed by atoms with Crippen molar-refractivity contribution in [3.05, 3.63) is 144 Å². The summed E-state index contributed by atoms with van der Waals surface area (Å²) in [6.45, 7) is 9.36. The zero-order valence-electron chi connectivity index (χ0n) is 33.0. The molecule has 1 aliphatic rings. The fourth-order valence-corrected chi connectivity index (χ4v) is 28.7. The third kappa shape index (κ3) is 14.1. The minimum atomic E-state index is -2.55. The summed E-state index contributed by atoms with van der Waals surface area (Å²) >= 11 is -0.519. The van der Waals surface area contributed by atoms with Gasteiger partial charge in [-0.05, 0) is 0 Å². The van der Waals surface area contributed by atoms with E-state index in [0.29, 0.717) is 33.0 Å². The number of thioether (sulfide) groups is 1. The standard InChI is InChI=1S/C35H37O5S.3C4H9.Sn/c1-41-35-34(39-25-30-20-12-5-13-21-30)33(38-24-29-18-10-4-11-19-29)32(37-23-28-16-8-3-9-17-28)31(40-35)26-36-22-27-14-6-2-7-15-27;3*1-3-4-2;/h2-21,31-35H,1,22-26H2;3*1,3-4H2,2H3;/t31-,32-,33+,34-,35+;;;;/m1..../s1. The Labute approximate surface area is 334 Å². The average Bonchev–Trinajstić information content (AvgIpc) is 3.23. The van der Waals surface area contributed by atoms with E-state index < -0.39 is 24.5 Å². The Bertz CT molecular complexity index is 1510. The molecule has 0 aliphatic carbocycles. The van der Waals surface area contributed by atoms with E-state index in [2.05, 4.69) is 130 Å². The summed E-state index contributed by atoms with van der Waals surface area (Å²) in [5.41, 5.74) is 4.31. The van der Waals surface area contributed by atoms with Crippen molar-refractivity contribution >= 4 is 30.1 Å². The van der Waals surface area contributed by atoms with Crippen LogP contribution in [0.15, 0.2) is 121 Å². The van der Waals surface area contributed by atoms with E-state index in [4.69, 9.17) is 23.7 Å². The first-order valence-corrected chi connectivity index (χ1v) is 29.6. The molecule has 5 nitrogen and oxygen atoms in total. The zero-order valence-corrected chi connectivity index (χ0v) is 36.7. The molecule has 0 amide bonds. The van der Waals surface area contributed by atoms with Gasteiger partial charge < -0.3 is 0 Å². The van der Waals surface area contributed by atoms with Gasteiger partial charge in [0, 0.05) is 0 Å². The summed E-state index contributed by atoms with van der Waals surface area (Å²) in [4.78, 5) is 0. The number of unbranched alkanes of at least 4 members (excludes halogenated alkanes) is 3. The van der Waals surface area contributed by atoms with E-state index in [1.807, 2.05) is 23.9 Å². The first kappa shape index (κ1) is 43.0. The van der Waals surface area contributed by atoms with Gasteiger partial charge in [-0.25, -0.2) is 0 Å². The molecule has 0 saturated carbocycles. The second-order valence-corrected chi connectivity index (χ2v) is 31.4. The van der Waals surface area contributed by atoms with Gasteiger partial charge in [0.25, 0.3) is 0 Å². The van der Waals surface area contributed by atoms with E-state index >= 15 is 0 Å². The predicted molar refractivity (Wildman–Crippen MR) is 227 cm³/mol. The molecule has 0 spiro atoms. The fraction of sp³-hybridized carbons (Fsp3) is 0.489. The summed E-state index contributed by atoms with van der Waals surface area (Å²) in [5.74, 6) is 0. The second-order valence-electron chi connectivity index (χ2n) is 14.9. The Kier molecular flexibility index (Phi) is 19.5. The Balaban J connectivity index is 1.49. The van der Waals surface area contributed by atoms with Gasteiger partial charge in [-0.15, -0.1) is 0 Å². The maximum atomic E-state index is 7.26. The van der Waals surface area contributed by atoms with E-state index in [1.54, 1.807) is 0 Å². The first-order chi connectivity index (χ1) is 26.6. The van der Waals surface area contributed by atoms with Gasteiger partial charge in [-0.1, -0.05) is 0 Å². The van der Waals surface area contributed by atoms with Crippen molar-refractivity contribution in [2.75, 3.05) is 10.4 Å². The summed E-state index contributed by atoms with van der Waals surface area (Å²) in [6, 6.07) is 41.7. The number of ether oxygens (including phenoxy) is 5. The third-order valence-electron chi connectivity index (χ3n) is 10.6. The van der Waals surface area contributed by atoms with Crippen molar-refractivity contribution in [2.24, 2.45) is 0 Å². The molecule has 4 aromatic carbocycles. The third-order valence-corrected chi connectivity index (χ3v) is 30.8. The van der Waals surface area contributed by atoms with Gasteiger partial charge in [-0.2, -0.15) is 0 Å². The van der Waals surface area contributed by atoms with Gasteiger partial charge in [0.2, 0.25) is 0 Å². The molecule has 1 aliphatic heterocycles. The Morgan fingerprint density at radius 1 is 0.500 bits per heavy atom. The first-order valence-electron chi connectivity index (χ1n) is 20.5. The van der Waals surface area contributed by atoms with Crippen LogP contribution in [-0.2, 0) is 50.1 Å². The molecule has 1 heterocycles. The molecule has 5 atom stereocenters. The van der Waals surface area contributed by atoms with Gasteiger partial charge in [0.05, 0.1) is 0 Å². The van der Waals surface area contributed by atoms with E-state index in [0.717, 1.165) is 22.3 Å². The van der Waals surface area contributed by atoms with Crippen molar-refractivity contribution < 1.29 is 23.7 Å². The summed E-state index contributed by atoms with van der Waals surface area (Å²) in [5, 5.41) is 0.